The average Bonchev–Trinajstić information content (AvgIpc) is 2.22. The van der Waals surface area contributed by atoms with Crippen molar-refractivity contribution >= 4 is 5.78 Å². The Balaban J connectivity index is 3.18. The van der Waals surface area contributed by atoms with Crippen LogP contribution in [0, 0.1) is 6.92 Å². The van der Waals surface area contributed by atoms with Gasteiger partial charge in [-0.3, -0.25) is 4.79 Å². The van der Waals surface area contributed by atoms with Gasteiger partial charge in [0.15, 0.2) is 5.78 Å². The SMILES string of the molecule is CCCc1cc(C)c(O)c(C(=O)CC)c1. The molecule has 0 saturated carbocycles. The second-order valence-corrected chi connectivity index (χ2v) is 3.84. The van der Waals surface area contributed by atoms with Crippen LogP contribution in [0.15, 0.2) is 12.1 Å². The van der Waals surface area contributed by atoms with Gasteiger partial charge in [-0.15, -0.1) is 0 Å². The first-order chi connectivity index (χ1) is 7.10. The predicted octanol–water partition coefficient (Wildman–Crippen LogP) is 3.25. The third-order valence-corrected chi connectivity index (χ3v) is 2.52. The number of hydrogen-bond donors (Lipinski definition) is 1. The third-order valence-electron chi connectivity index (χ3n) is 2.52. The van der Waals surface area contributed by atoms with Crippen molar-refractivity contribution in [2.75, 3.05) is 0 Å². The summed E-state index contributed by atoms with van der Waals surface area (Å²) in [5.41, 5.74) is 2.39. The van der Waals surface area contributed by atoms with E-state index in [4.69, 9.17) is 0 Å². The minimum absolute atomic E-state index is 0.00792. The zero-order valence-corrected chi connectivity index (χ0v) is 9.63. The van der Waals surface area contributed by atoms with E-state index in [9.17, 15) is 9.90 Å². The molecule has 0 aromatic heterocycles. The van der Waals surface area contributed by atoms with Crippen LogP contribution in [0.1, 0.15) is 48.2 Å². The van der Waals surface area contributed by atoms with Crippen LogP contribution in [0.5, 0.6) is 5.75 Å². The average molecular weight is 206 g/mol. The number of phenols is 1. The van der Waals surface area contributed by atoms with Crippen LogP contribution in [-0.4, -0.2) is 10.9 Å². The van der Waals surface area contributed by atoms with E-state index in [1.54, 1.807) is 0 Å². The highest BCUT2D eigenvalue weighted by Gasteiger charge is 2.12. The zero-order chi connectivity index (χ0) is 11.4. The maximum absolute atomic E-state index is 11.6. The molecule has 0 aliphatic heterocycles. The van der Waals surface area contributed by atoms with Crippen LogP contribution >= 0.6 is 0 Å². The number of rotatable bonds is 4. The van der Waals surface area contributed by atoms with Gasteiger partial charge < -0.3 is 5.11 Å². The second kappa shape index (κ2) is 4.96. The van der Waals surface area contributed by atoms with Crippen LogP contribution in [0.2, 0.25) is 0 Å². The molecule has 0 fully saturated rings. The Hall–Kier alpha value is -1.31. The molecule has 82 valence electrons. The van der Waals surface area contributed by atoms with Gasteiger partial charge in [0.05, 0.1) is 5.56 Å². The number of hydrogen-bond acceptors (Lipinski definition) is 2. The van der Waals surface area contributed by atoms with E-state index in [0.29, 0.717) is 12.0 Å². The van der Waals surface area contributed by atoms with Gasteiger partial charge in [0.25, 0.3) is 0 Å². The van der Waals surface area contributed by atoms with Gasteiger partial charge in [-0.25, -0.2) is 0 Å². The van der Waals surface area contributed by atoms with Crippen molar-refractivity contribution in [2.45, 2.75) is 40.0 Å². The fourth-order valence-corrected chi connectivity index (χ4v) is 1.69. The summed E-state index contributed by atoms with van der Waals surface area (Å²) >= 11 is 0. The molecule has 0 saturated heterocycles. The number of phenolic OH excluding ortho intramolecular Hbond substituents is 1. The Morgan fingerprint density at radius 2 is 2.00 bits per heavy atom. The first-order valence-corrected chi connectivity index (χ1v) is 5.45. The highest BCUT2D eigenvalue weighted by atomic mass is 16.3. The summed E-state index contributed by atoms with van der Waals surface area (Å²) in [6.07, 6.45) is 2.43. The number of carbonyl (C=O) groups is 1. The summed E-state index contributed by atoms with van der Waals surface area (Å²) in [6.45, 7) is 5.74. The molecule has 15 heavy (non-hydrogen) atoms. The lowest BCUT2D eigenvalue weighted by Crippen LogP contribution is -2.00. The molecule has 0 unspecified atom stereocenters. The molecule has 0 aliphatic carbocycles. The van der Waals surface area contributed by atoms with Gasteiger partial charge in [-0.05, 0) is 30.5 Å². The fourth-order valence-electron chi connectivity index (χ4n) is 1.69. The lowest BCUT2D eigenvalue weighted by molar-refractivity contribution is 0.0985. The van der Waals surface area contributed by atoms with E-state index in [1.165, 1.54) is 0 Å². The molecule has 0 spiro atoms. The Morgan fingerprint density at radius 1 is 1.33 bits per heavy atom. The molecule has 2 heteroatoms. The molecule has 0 amide bonds. The van der Waals surface area contributed by atoms with Crippen molar-refractivity contribution in [2.24, 2.45) is 0 Å². The van der Waals surface area contributed by atoms with E-state index >= 15 is 0 Å². The maximum atomic E-state index is 11.6. The summed E-state index contributed by atoms with van der Waals surface area (Å²) in [6, 6.07) is 3.77. The summed E-state index contributed by atoms with van der Waals surface area (Å²) < 4.78 is 0. The fraction of sp³-hybridized carbons (Fsp3) is 0.462. The number of carbonyl (C=O) groups excluding carboxylic acids is 1. The number of benzene rings is 1. The van der Waals surface area contributed by atoms with Gasteiger partial charge in [-0.2, -0.15) is 0 Å². The number of ketones is 1. The smallest absolute Gasteiger partial charge is 0.166 e. The maximum Gasteiger partial charge on any atom is 0.166 e. The van der Waals surface area contributed by atoms with Gasteiger partial charge >= 0.3 is 0 Å². The Morgan fingerprint density at radius 3 is 2.53 bits per heavy atom. The molecule has 1 rings (SSSR count). The van der Waals surface area contributed by atoms with Crippen molar-refractivity contribution in [3.63, 3.8) is 0 Å². The molecule has 1 aromatic rings. The quantitative estimate of drug-likeness (QED) is 0.768. The molecule has 1 aromatic carbocycles. The molecular weight excluding hydrogens is 188 g/mol. The third kappa shape index (κ3) is 2.58. The van der Waals surface area contributed by atoms with Gasteiger partial charge in [0, 0.05) is 6.42 Å². The topological polar surface area (TPSA) is 37.3 Å². The molecule has 2 nitrogen and oxygen atoms in total. The van der Waals surface area contributed by atoms with Gasteiger partial charge in [0.1, 0.15) is 5.75 Å². The van der Waals surface area contributed by atoms with Crippen molar-refractivity contribution in [3.05, 3.63) is 28.8 Å². The van der Waals surface area contributed by atoms with Crippen LogP contribution in [-0.2, 0) is 6.42 Å². The summed E-state index contributed by atoms with van der Waals surface area (Å²) in [7, 11) is 0. The molecule has 1 N–H and O–H groups in total. The van der Waals surface area contributed by atoms with E-state index in [-0.39, 0.29) is 11.5 Å². The van der Waals surface area contributed by atoms with Crippen molar-refractivity contribution in [3.8, 4) is 5.75 Å². The van der Waals surface area contributed by atoms with E-state index < -0.39 is 0 Å². The van der Waals surface area contributed by atoms with E-state index in [0.717, 1.165) is 24.0 Å². The van der Waals surface area contributed by atoms with Crippen LogP contribution < -0.4 is 0 Å². The second-order valence-electron chi connectivity index (χ2n) is 3.84. The van der Waals surface area contributed by atoms with Gasteiger partial charge in [0.2, 0.25) is 0 Å². The van der Waals surface area contributed by atoms with Crippen LogP contribution in [0.3, 0.4) is 0 Å². The highest BCUT2D eigenvalue weighted by molar-refractivity contribution is 5.98. The summed E-state index contributed by atoms with van der Waals surface area (Å²) in [4.78, 5) is 11.6. The number of aromatic hydroxyl groups is 1. The lowest BCUT2D eigenvalue weighted by atomic mass is 9.98. The molecule has 0 heterocycles. The van der Waals surface area contributed by atoms with Gasteiger partial charge in [-0.1, -0.05) is 26.3 Å². The Labute approximate surface area is 90.9 Å². The Bertz CT molecular complexity index is 367. The summed E-state index contributed by atoms with van der Waals surface area (Å²) in [5, 5.41) is 9.77. The first kappa shape index (κ1) is 11.8. The standard InChI is InChI=1S/C13H18O2/c1-4-6-10-7-9(3)13(15)11(8-10)12(14)5-2/h7-8,15H,4-6H2,1-3H3. The zero-order valence-electron chi connectivity index (χ0n) is 9.63. The highest BCUT2D eigenvalue weighted by Crippen LogP contribution is 2.25. The van der Waals surface area contributed by atoms with Crippen molar-refractivity contribution in [1.29, 1.82) is 0 Å². The molecular formula is C13H18O2. The predicted molar refractivity (Wildman–Crippen MR) is 61.5 cm³/mol. The Kier molecular flexibility index (Phi) is 3.89. The molecule has 0 bridgehead atoms. The van der Waals surface area contributed by atoms with E-state index in [1.807, 2.05) is 26.0 Å². The molecule has 0 radical (unpaired) electrons. The lowest BCUT2D eigenvalue weighted by Gasteiger charge is -2.08. The van der Waals surface area contributed by atoms with Crippen LogP contribution in [0.25, 0.3) is 0 Å². The summed E-state index contributed by atoms with van der Waals surface area (Å²) in [5.74, 6) is 0.148. The molecule has 0 atom stereocenters. The minimum atomic E-state index is 0.00792. The monoisotopic (exact) mass is 206 g/mol. The number of aryl methyl sites for hydroxylation is 2. The van der Waals surface area contributed by atoms with Crippen molar-refractivity contribution < 1.29 is 9.90 Å². The normalized spacial score (nSPS) is 10.3. The van der Waals surface area contributed by atoms with Crippen LogP contribution in [0.4, 0.5) is 0 Å². The minimum Gasteiger partial charge on any atom is -0.507 e. The number of Topliss-reactive ketones (excluding diaryl/α,β-unsaturated/α-hetero) is 1. The molecule has 0 aliphatic rings. The largest absolute Gasteiger partial charge is 0.507 e. The van der Waals surface area contributed by atoms with E-state index in [2.05, 4.69) is 6.92 Å². The van der Waals surface area contributed by atoms with Crippen molar-refractivity contribution in [1.82, 2.24) is 0 Å². The first-order valence-electron chi connectivity index (χ1n) is 5.45.